The molecule has 126 valence electrons. The number of aryl methyl sites for hydroxylation is 2. The number of hydrogen-bond acceptors (Lipinski definition) is 4. The van der Waals surface area contributed by atoms with Gasteiger partial charge in [0.2, 0.25) is 0 Å². The van der Waals surface area contributed by atoms with Gasteiger partial charge in [0.1, 0.15) is 0 Å². The fraction of sp³-hybridized carbons (Fsp3) is 0.278. The molecule has 0 heterocycles. The van der Waals surface area contributed by atoms with Crippen molar-refractivity contribution in [2.24, 2.45) is 0 Å². The zero-order valence-corrected chi connectivity index (χ0v) is 14.7. The van der Waals surface area contributed by atoms with Crippen LogP contribution < -0.4 is 0 Å². The molecule has 2 rings (SSSR count). The third-order valence-electron chi connectivity index (χ3n) is 4.05. The molecule has 0 saturated carbocycles. The fourth-order valence-electron chi connectivity index (χ4n) is 2.77. The van der Waals surface area contributed by atoms with Crippen molar-refractivity contribution < 1.29 is 14.5 Å². The lowest BCUT2D eigenvalue weighted by Gasteiger charge is -2.14. The Hall–Kier alpha value is -2.40. The van der Waals surface area contributed by atoms with Gasteiger partial charge in [-0.2, -0.15) is 0 Å². The van der Waals surface area contributed by atoms with Gasteiger partial charge < -0.3 is 4.74 Å². The Kier molecular flexibility index (Phi) is 5.24. The van der Waals surface area contributed by atoms with Gasteiger partial charge in [-0.25, -0.2) is 0 Å². The number of methoxy groups -OCH3 is 1. The van der Waals surface area contributed by atoms with Gasteiger partial charge in [0.25, 0.3) is 5.69 Å². The van der Waals surface area contributed by atoms with E-state index in [0.29, 0.717) is 21.7 Å². The lowest BCUT2D eigenvalue weighted by molar-refractivity contribution is -0.384. The normalized spacial score (nSPS) is 10.5. The summed E-state index contributed by atoms with van der Waals surface area (Å²) in [6, 6.07) is 7.13. The number of halogens is 1. The molecule has 0 aliphatic heterocycles. The second kappa shape index (κ2) is 7.01. The Balaban J connectivity index is 2.72. The van der Waals surface area contributed by atoms with E-state index >= 15 is 0 Å². The van der Waals surface area contributed by atoms with Crippen LogP contribution in [0.3, 0.4) is 0 Å². The Labute approximate surface area is 145 Å². The Bertz CT molecular complexity index is 830. The molecule has 0 N–H and O–H groups in total. The van der Waals surface area contributed by atoms with Crippen molar-refractivity contribution in [1.29, 1.82) is 0 Å². The highest BCUT2D eigenvalue weighted by Crippen LogP contribution is 2.38. The maximum absolute atomic E-state index is 11.7. The molecule has 0 radical (unpaired) electrons. The van der Waals surface area contributed by atoms with Crippen LogP contribution in [0.5, 0.6) is 0 Å². The molecule has 2 aromatic rings. The van der Waals surface area contributed by atoms with Crippen LogP contribution in [0.25, 0.3) is 11.1 Å². The first-order chi connectivity index (χ1) is 11.3. The van der Waals surface area contributed by atoms with E-state index in [1.165, 1.54) is 7.11 Å². The van der Waals surface area contributed by atoms with E-state index in [1.807, 2.05) is 13.0 Å². The van der Waals surface area contributed by atoms with Crippen LogP contribution in [0.4, 0.5) is 5.69 Å². The molecule has 0 saturated heterocycles. The first-order valence-electron chi connectivity index (χ1n) is 7.37. The largest absolute Gasteiger partial charge is 0.469 e. The van der Waals surface area contributed by atoms with Crippen molar-refractivity contribution in [2.75, 3.05) is 7.11 Å². The van der Waals surface area contributed by atoms with Crippen LogP contribution in [0.15, 0.2) is 24.3 Å². The Morgan fingerprint density at radius 3 is 2.42 bits per heavy atom. The molecule has 0 fully saturated rings. The fourth-order valence-corrected chi connectivity index (χ4v) is 2.89. The van der Waals surface area contributed by atoms with Crippen LogP contribution in [0.2, 0.25) is 5.02 Å². The van der Waals surface area contributed by atoms with E-state index in [0.717, 1.165) is 16.7 Å². The predicted molar refractivity (Wildman–Crippen MR) is 93.5 cm³/mol. The highest BCUT2D eigenvalue weighted by Gasteiger charge is 2.25. The summed E-state index contributed by atoms with van der Waals surface area (Å²) < 4.78 is 4.67. The zero-order valence-electron chi connectivity index (χ0n) is 14.0. The number of hydrogen-bond donors (Lipinski definition) is 0. The standard InChI is InChI=1S/C18H18ClNO4/c1-10-7-13(5-6-15(10)19)17-11(2)8-14(9-16(21)24-4)12(3)18(17)20(22)23/h5-8H,9H2,1-4H3. The summed E-state index contributed by atoms with van der Waals surface area (Å²) in [7, 11) is 1.30. The molecule has 2 aromatic carbocycles. The average Bonchev–Trinajstić information content (AvgIpc) is 2.52. The minimum atomic E-state index is -0.429. The average molecular weight is 348 g/mol. The van der Waals surface area contributed by atoms with Crippen molar-refractivity contribution >= 4 is 23.3 Å². The van der Waals surface area contributed by atoms with Crippen LogP contribution >= 0.6 is 11.6 Å². The van der Waals surface area contributed by atoms with Gasteiger partial charge in [-0.15, -0.1) is 0 Å². The van der Waals surface area contributed by atoms with Crippen LogP contribution in [0.1, 0.15) is 22.3 Å². The smallest absolute Gasteiger partial charge is 0.309 e. The van der Waals surface area contributed by atoms with E-state index in [4.69, 9.17) is 11.6 Å². The number of nitrogens with zero attached hydrogens (tertiary/aromatic N) is 1. The first-order valence-corrected chi connectivity index (χ1v) is 7.74. The summed E-state index contributed by atoms with van der Waals surface area (Å²) in [4.78, 5) is 22.8. The molecule has 0 bridgehead atoms. The van der Waals surface area contributed by atoms with Crippen LogP contribution in [-0.2, 0) is 16.0 Å². The molecule has 0 aliphatic rings. The minimum absolute atomic E-state index is 0.00391. The van der Waals surface area contributed by atoms with E-state index < -0.39 is 10.9 Å². The molecule has 0 spiro atoms. The van der Waals surface area contributed by atoms with Gasteiger partial charge in [0.05, 0.1) is 24.0 Å². The molecule has 0 atom stereocenters. The molecule has 0 aromatic heterocycles. The molecule has 0 amide bonds. The lowest BCUT2D eigenvalue weighted by Crippen LogP contribution is -2.08. The summed E-state index contributed by atoms with van der Waals surface area (Å²) in [6.45, 7) is 5.31. The summed E-state index contributed by atoms with van der Waals surface area (Å²) in [5.74, 6) is -0.429. The molecule has 5 nitrogen and oxygen atoms in total. The predicted octanol–water partition coefficient (Wildman–Crippen LogP) is 4.56. The van der Waals surface area contributed by atoms with E-state index in [-0.39, 0.29) is 12.1 Å². The van der Waals surface area contributed by atoms with Gasteiger partial charge in [-0.05, 0) is 55.2 Å². The van der Waals surface area contributed by atoms with Crippen molar-refractivity contribution in [3.05, 3.63) is 61.7 Å². The van der Waals surface area contributed by atoms with Crippen molar-refractivity contribution in [3.63, 3.8) is 0 Å². The third-order valence-corrected chi connectivity index (χ3v) is 4.47. The van der Waals surface area contributed by atoms with Gasteiger partial charge in [-0.1, -0.05) is 23.7 Å². The van der Waals surface area contributed by atoms with E-state index in [9.17, 15) is 14.9 Å². The minimum Gasteiger partial charge on any atom is -0.469 e. The highest BCUT2D eigenvalue weighted by atomic mass is 35.5. The number of carbonyl (C=O) groups is 1. The Morgan fingerprint density at radius 1 is 1.21 bits per heavy atom. The maximum atomic E-state index is 11.7. The second-order valence-corrected chi connectivity index (χ2v) is 6.08. The van der Waals surface area contributed by atoms with Crippen molar-refractivity contribution in [3.8, 4) is 11.1 Å². The second-order valence-electron chi connectivity index (χ2n) is 5.68. The topological polar surface area (TPSA) is 69.4 Å². The monoisotopic (exact) mass is 347 g/mol. The zero-order chi connectivity index (χ0) is 18.0. The van der Waals surface area contributed by atoms with Crippen LogP contribution in [0, 0.1) is 30.9 Å². The number of benzene rings is 2. The number of esters is 1. The van der Waals surface area contributed by atoms with Gasteiger partial charge in [-0.3, -0.25) is 14.9 Å². The molecular formula is C18H18ClNO4. The summed E-state index contributed by atoms with van der Waals surface area (Å²) in [5.41, 5.74) is 3.93. The third kappa shape index (κ3) is 3.41. The van der Waals surface area contributed by atoms with Crippen LogP contribution in [-0.4, -0.2) is 18.0 Å². The Morgan fingerprint density at radius 2 is 1.88 bits per heavy atom. The molecule has 0 unspecified atom stereocenters. The molecule has 0 aliphatic carbocycles. The molecular weight excluding hydrogens is 330 g/mol. The number of ether oxygens (including phenoxy) is 1. The molecule has 6 heteroatoms. The summed E-state index contributed by atoms with van der Waals surface area (Å²) >= 11 is 6.05. The summed E-state index contributed by atoms with van der Waals surface area (Å²) in [6.07, 6.45) is 0.00391. The maximum Gasteiger partial charge on any atom is 0.309 e. The van der Waals surface area contributed by atoms with Gasteiger partial charge >= 0.3 is 5.97 Å². The highest BCUT2D eigenvalue weighted by molar-refractivity contribution is 6.31. The first kappa shape index (κ1) is 17.9. The van der Waals surface area contributed by atoms with E-state index in [2.05, 4.69) is 4.74 Å². The summed E-state index contributed by atoms with van der Waals surface area (Å²) in [5, 5.41) is 12.3. The van der Waals surface area contributed by atoms with E-state index in [1.54, 1.807) is 32.0 Å². The van der Waals surface area contributed by atoms with Gasteiger partial charge in [0, 0.05) is 10.6 Å². The number of nitro benzene ring substituents is 1. The van der Waals surface area contributed by atoms with Gasteiger partial charge in [0.15, 0.2) is 0 Å². The number of rotatable bonds is 4. The lowest BCUT2D eigenvalue weighted by atomic mass is 9.91. The SMILES string of the molecule is COC(=O)Cc1cc(C)c(-c2ccc(Cl)c(C)c2)c([N+](=O)[O-])c1C. The van der Waals surface area contributed by atoms with Crippen molar-refractivity contribution in [2.45, 2.75) is 27.2 Å². The molecule has 24 heavy (non-hydrogen) atoms. The number of nitro groups is 1. The quantitative estimate of drug-likeness (QED) is 0.462. The van der Waals surface area contributed by atoms with Crippen molar-refractivity contribution in [1.82, 2.24) is 0 Å². The number of carbonyl (C=O) groups excluding carboxylic acids is 1.